The Balaban J connectivity index is 0.00000196. The van der Waals surface area contributed by atoms with Gasteiger partial charge >= 0.3 is 51.4 Å². The molecule has 1 rings (SSSR count). The van der Waals surface area contributed by atoms with Crippen LogP contribution in [0.1, 0.15) is 5.56 Å². The number of nitrogens with one attached hydrogen (secondary N) is 2. The van der Waals surface area contributed by atoms with Crippen molar-refractivity contribution in [2.24, 2.45) is 0 Å². The molecule has 0 aliphatic heterocycles. The molecule has 0 radical (unpaired) electrons. The molecule has 0 aromatic heterocycles. The van der Waals surface area contributed by atoms with E-state index < -0.39 is 0 Å². The second-order valence-corrected chi connectivity index (χ2v) is 3.97. The Kier molecular flexibility index (Phi) is 8.38. The van der Waals surface area contributed by atoms with Gasteiger partial charge in [-0.15, -0.1) is 18.4 Å². The van der Waals surface area contributed by atoms with Crippen LogP contribution in [0.25, 0.3) is 0 Å². The Morgan fingerprint density at radius 2 is 1.67 bits per heavy atom. The van der Waals surface area contributed by atoms with E-state index in [1.165, 1.54) is 12.1 Å². The zero-order valence-corrected chi connectivity index (χ0v) is 13.6. The summed E-state index contributed by atoms with van der Waals surface area (Å²) in [6.45, 7) is 0. The maximum atomic E-state index is 10.8. The third kappa shape index (κ3) is 6.17. The van der Waals surface area contributed by atoms with E-state index in [9.17, 15) is 5.11 Å². The summed E-state index contributed by atoms with van der Waals surface area (Å²) >= 11 is 13.5. The van der Waals surface area contributed by atoms with Crippen molar-refractivity contribution in [3.8, 4) is 5.75 Å². The van der Waals surface area contributed by atoms with Gasteiger partial charge in [0.05, 0.1) is 0 Å². The average Bonchev–Trinajstić information content (AvgIpc) is 2.15. The van der Waals surface area contributed by atoms with Gasteiger partial charge in [-0.1, -0.05) is 48.7 Å². The first-order valence-corrected chi connectivity index (χ1v) is 4.92. The van der Waals surface area contributed by atoms with Crippen LogP contribution in [-0.2, 0) is 0 Å². The zero-order chi connectivity index (χ0) is 10.6. The molecule has 0 fully saturated rings. The normalized spacial score (nSPS) is 8.60. The minimum absolute atomic E-state index is 0. The molecule has 0 saturated heterocycles. The van der Waals surface area contributed by atoms with Crippen LogP contribution in [0.3, 0.4) is 0 Å². The topological polar surface area (TPSA) is 47.1 Å². The molecule has 7 heteroatoms. The molecule has 0 aliphatic carbocycles. The molecule has 0 saturated carbocycles. The number of hydrogen-bond acceptors (Lipinski definition) is 3. The summed E-state index contributed by atoms with van der Waals surface area (Å²) in [6.07, 6.45) is 0. The minimum Gasteiger partial charge on any atom is -0.872 e. The van der Waals surface area contributed by atoms with E-state index in [4.69, 9.17) is 12.2 Å². The maximum Gasteiger partial charge on any atom is 1.00 e. The van der Waals surface area contributed by atoms with Crippen LogP contribution in [0.5, 0.6) is 5.75 Å². The van der Waals surface area contributed by atoms with E-state index in [2.05, 4.69) is 35.7 Å². The molecule has 2 N–H and O–H groups in total. The van der Waals surface area contributed by atoms with E-state index in [0.717, 1.165) is 5.56 Å². The van der Waals surface area contributed by atoms with Gasteiger partial charge in [0, 0.05) is 5.56 Å². The van der Waals surface area contributed by atoms with Crippen LogP contribution in [0.2, 0.25) is 0 Å². The molecule has 3 nitrogen and oxygen atoms in total. The van der Waals surface area contributed by atoms with E-state index in [1.807, 2.05) is 0 Å². The predicted octanol–water partition coefficient (Wildman–Crippen LogP) is -2.25. The molecule has 1 aromatic carbocycles. The number of hydrogen-bond donors (Lipinski definition) is 3. The van der Waals surface area contributed by atoms with Crippen molar-refractivity contribution in [2.75, 3.05) is 0 Å². The van der Waals surface area contributed by atoms with Gasteiger partial charge in [0.25, 0.3) is 0 Å². The van der Waals surface area contributed by atoms with Gasteiger partial charge in [-0.25, -0.2) is 0 Å². The van der Waals surface area contributed by atoms with Crippen molar-refractivity contribution in [3.05, 3.63) is 29.8 Å². The van der Waals surface area contributed by atoms with Crippen LogP contribution in [-0.4, -0.2) is 9.31 Å². The molecule has 74 valence electrons. The minimum atomic E-state index is -0.0470. The first kappa shape index (κ1) is 15.8. The van der Waals surface area contributed by atoms with Crippen LogP contribution in [0.4, 0.5) is 0 Å². The van der Waals surface area contributed by atoms with E-state index >= 15 is 0 Å². The van der Waals surface area contributed by atoms with E-state index in [1.54, 1.807) is 12.1 Å². The Morgan fingerprint density at radius 1 is 1.13 bits per heavy atom. The van der Waals surface area contributed by atoms with Crippen molar-refractivity contribution in [2.45, 2.75) is 0 Å². The molecule has 0 amide bonds. The third-order valence-electron chi connectivity index (χ3n) is 1.40. The first-order valence-electron chi connectivity index (χ1n) is 3.66. The van der Waals surface area contributed by atoms with Gasteiger partial charge in [0.1, 0.15) is 9.31 Å². The number of rotatable bonds is 1. The fraction of sp³-hybridized carbons (Fsp3) is 0. The van der Waals surface area contributed by atoms with Gasteiger partial charge in [0.15, 0.2) is 0 Å². The number of hydrazine groups is 1. The van der Waals surface area contributed by atoms with Crippen molar-refractivity contribution >= 4 is 46.4 Å². The molecule has 0 heterocycles. The second-order valence-electron chi connectivity index (χ2n) is 2.41. The number of benzene rings is 1. The zero-order valence-electron chi connectivity index (χ0n) is 7.98. The summed E-state index contributed by atoms with van der Waals surface area (Å²) in [5, 5.41) is 10.8. The first-order chi connectivity index (χ1) is 6.59. The van der Waals surface area contributed by atoms with Crippen molar-refractivity contribution < 1.29 is 56.5 Å². The fourth-order valence-corrected chi connectivity index (χ4v) is 1.08. The van der Waals surface area contributed by atoms with Gasteiger partial charge < -0.3 is 5.11 Å². The van der Waals surface area contributed by atoms with E-state index in [-0.39, 0.29) is 57.1 Å². The second kappa shape index (κ2) is 7.96. The number of thiol groups is 1. The molecule has 15 heavy (non-hydrogen) atoms. The molecular formula is C8H7KN2OS3. The molecular weight excluding hydrogens is 275 g/mol. The Bertz CT molecular complexity index is 355. The van der Waals surface area contributed by atoms with Gasteiger partial charge in [-0.2, -0.15) is 0 Å². The third-order valence-corrected chi connectivity index (χ3v) is 1.95. The number of thiocarbonyl (C=S) groups is 2. The SMILES string of the molecule is [K+].[O-]c1ccc(C(=S)NNC(=S)S)cc1. The van der Waals surface area contributed by atoms with Crippen molar-refractivity contribution in [3.63, 3.8) is 0 Å². The Hall–Kier alpha value is 0.786. The summed E-state index contributed by atoms with van der Waals surface area (Å²) in [5.74, 6) is -0.0470. The van der Waals surface area contributed by atoms with Crippen LogP contribution < -0.4 is 67.3 Å². The summed E-state index contributed by atoms with van der Waals surface area (Å²) in [5.41, 5.74) is 6.01. The predicted molar refractivity (Wildman–Crippen MR) is 65.4 cm³/mol. The quantitative estimate of drug-likeness (QED) is 0.235. The van der Waals surface area contributed by atoms with Gasteiger partial charge in [-0.3, -0.25) is 10.9 Å². The molecule has 0 bridgehead atoms. The summed E-state index contributed by atoms with van der Waals surface area (Å²) in [6, 6.07) is 6.17. The fourth-order valence-electron chi connectivity index (χ4n) is 0.789. The maximum absolute atomic E-state index is 10.8. The molecule has 1 aromatic rings. The van der Waals surface area contributed by atoms with Crippen LogP contribution in [0, 0.1) is 0 Å². The standard InChI is InChI=1S/C8H8N2OS3.K/c11-6-3-1-5(2-4-6)7(12)9-10-8(13)14;/h1-4,11H,(H,9,12)(H2,10,13,14);/q;+1/p-1. The Labute approximate surface area is 147 Å². The molecule has 0 unspecified atom stereocenters. The average molecular weight is 282 g/mol. The van der Waals surface area contributed by atoms with Crippen molar-refractivity contribution in [1.29, 1.82) is 0 Å². The largest absolute Gasteiger partial charge is 1.00 e. The summed E-state index contributed by atoms with van der Waals surface area (Å²) in [4.78, 5) is 0.460. The van der Waals surface area contributed by atoms with Crippen LogP contribution in [0.15, 0.2) is 24.3 Å². The van der Waals surface area contributed by atoms with Crippen molar-refractivity contribution in [1.82, 2.24) is 10.9 Å². The van der Waals surface area contributed by atoms with Gasteiger partial charge in [-0.05, 0) is 0 Å². The molecule has 0 atom stereocenters. The summed E-state index contributed by atoms with van der Waals surface area (Å²) in [7, 11) is 0. The Morgan fingerprint density at radius 3 is 2.13 bits per heavy atom. The molecule has 0 aliphatic rings. The summed E-state index contributed by atoms with van der Waals surface area (Å²) < 4.78 is 0.299. The monoisotopic (exact) mass is 282 g/mol. The van der Waals surface area contributed by atoms with Gasteiger partial charge in [0.2, 0.25) is 0 Å². The van der Waals surface area contributed by atoms with Crippen LogP contribution >= 0.6 is 37.1 Å². The molecule has 0 spiro atoms. The van der Waals surface area contributed by atoms with E-state index in [0.29, 0.717) is 9.31 Å². The smallest absolute Gasteiger partial charge is 0.872 e.